The molecule has 12 heavy (non-hydrogen) atoms. The van der Waals surface area contributed by atoms with Crippen LogP contribution >= 0.6 is 0 Å². The van der Waals surface area contributed by atoms with Crippen molar-refractivity contribution in [3.8, 4) is 0 Å². The Morgan fingerprint density at radius 2 is 0.667 bits per heavy atom. The van der Waals surface area contributed by atoms with E-state index in [1.165, 1.54) is 0 Å². The molecule has 0 amide bonds. The van der Waals surface area contributed by atoms with Gasteiger partial charge in [0.25, 0.3) is 0 Å². The van der Waals surface area contributed by atoms with Crippen molar-refractivity contribution in [3.05, 3.63) is 0 Å². The van der Waals surface area contributed by atoms with E-state index in [4.69, 9.17) is 17.5 Å². The van der Waals surface area contributed by atoms with Crippen LogP contribution in [0, 0.1) is 0 Å². The zero-order valence-electron chi connectivity index (χ0n) is 6.70. The van der Waals surface area contributed by atoms with Crippen LogP contribution < -0.4 is 36.9 Å². The van der Waals surface area contributed by atoms with Gasteiger partial charge in [0.15, 0.2) is 0 Å². The van der Waals surface area contributed by atoms with E-state index in [0.717, 1.165) is 0 Å². The summed E-state index contributed by atoms with van der Waals surface area (Å²) in [5.41, 5.74) is 0. The molecule has 0 rings (SSSR count). The van der Waals surface area contributed by atoms with Gasteiger partial charge in [-0.25, -0.2) is 0 Å². The van der Waals surface area contributed by atoms with Gasteiger partial charge in [0.05, 0.1) is 0 Å². The predicted molar refractivity (Wildman–Crippen MR) is 44.3 cm³/mol. The van der Waals surface area contributed by atoms with Crippen LogP contribution in [0.3, 0.4) is 0 Å². The number of hydrogen-bond acceptors (Lipinski definition) is 8. The Morgan fingerprint density at radius 1 is 0.667 bits per heavy atom. The van der Waals surface area contributed by atoms with Gasteiger partial charge < -0.3 is 36.9 Å². The molecule has 0 saturated carbocycles. The van der Waals surface area contributed by atoms with Crippen molar-refractivity contribution in [2.75, 3.05) is 0 Å². The van der Waals surface area contributed by atoms with Crippen LogP contribution in [0.1, 0.15) is 0 Å². The Kier molecular flexibility index (Phi) is 223. The second-order valence-corrected chi connectivity index (χ2v) is 1.34. The van der Waals surface area contributed by atoms with Crippen LogP contribution in [0.2, 0.25) is 0 Å². The molecular formula is H20CoN6O4S. The Balaban J connectivity index is -0.00000000381. The monoisotopic (exact) mass is 259 g/mol. The maximum Gasteiger partial charge on any atom is 0.394 e. The molecule has 0 atom stereocenters. The molecule has 12 heteroatoms. The second-order valence-electron chi connectivity index (χ2n) is 0.448. The molecule has 0 aliphatic carbocycles. The zero-order chi connectivity index (χ0) is 4.50. The molecule has 0 aromatic rings. The topological polar surface area (TPSA) is 285 Å². The third kappa shape index (κ3) is 45400. The first-order chi connectivity index (χ1) is 2.00. The quantitative estimate of drug-likeness (QED) is 0.275. The SMILES string of the molecule is N.N.N.N.N.N.O=S(=O)(O)O.[Co]. The molecule has 0 aliphatic heterocycles. The zero-order valence-corrected chi connectivity index (χ0v) is 8.55. The first kappa shape index (κ1) is 88.0. The van der Waals surface area contributed by atoms with Gasteiger partial charge in [0, 0.05) is 16.8 Å². The van der Waals surface area contributed by atoms with Gasteiger partial charge in [-0.2, -0.15) is 8.42 Å². The van der Waals surface area contributed by atoms with Crippen LogP contribution in [0.25, 0.3) is 0 Å². The summed E-state index contributed by atoms with van der Waals surface area (Å²) in [7, 11) is -4.67. The van der Waals surface area contributed by atoms with Gasteiger partial charge in [-0.3, -0.25) is 9.11 Å². The maximum absolute atomic E-state index is 8.74. The molecule has 0 aromatic heterocycles. The molecule has 89 valence electrons. The van der Waals surface area contributed by atoms with Gasteiger partial charge in [-0.05, 0) is 0 Å². The van der Waals surface area contributed by atoms with Crippen LogP contribution in [0.5, 0.6) is 0 Å². The van der Waals surface area contributed by atoms with Crippen LogP contribution in [-0.4, -0.2) is 17.5 Å². The van der Waals surface area contributed by atoms with Crippen molar-refractivity contribution in [1.82, 2.24) is 36.9 Å². The average Bonchev–Trinajstić information content (AvgIpc) is 0.722. The Bertz CT molecular complexity index is 103. The molecule has 20 N–H and O–H groups in total. The van der Waals surface area contributed by atoms with Crippen molar-refractivity contribution < 1.29 is 34.3 Å². The summed E-state index contributed by atoms with van der Waals surface area (Å²) in [6.07, 6.45) is 0. The average molecular weight is 259 g/mol. The summed E-state index contributed by atoms with van der Waals surface area (Å²) < 4.78 is 31.6. The molecule has 0 heterocycles. The van der Waals surface area contributed by atoms with Crippen molar-refractivity contribution in [3.63, 3.8) is 0 Å². The van der Waals surface area contributed by atoms with E-state index in [1.807, 2.05) is 0 Å². The van der Waals surface area contributed by atoms with Crippen molar-refractivity contribution in [2.24, 2.45) is 0 Å². The fourth-order valence-corrected chi connectivity index (χ4v) is 0. The van der Waals surface area contributed by atoms with Crippen LogP contribution in [-0.2, 0) is 27.2 Å². The molecule has 0 fully saturated rings. The van der Waals surface area contributed by atoms with E-state index in [9.17, 15) is 0 Å². The summed E-state index contributed by atoms with van der Waals surface area (Å²) in [5, 5.41) is 0. The number of rotatable bonds is 0. The van der Waals surface area contributed by atoms with E-state index < -0.39 is 10.4 Å². The Labute approximate surface area is 82.1 Å². The van der Waals surface area contributed by atoms with Gasteiger partial charge in [-0.15, -0.1) is 0 Å². The summed E-state index contributed by atoms with van der Waals surface area (Å²) in [6, 6.07) is 0. The Hall–Kier alpha value is 0.136. The predicted octanol–water partition coefficient (Wildman–Crippen LogP) is 0.317. The molecule has 1 radical (unpaired) electrons. The fraction of sp³-hybridized carbons (Fsp3) is 0. The smallest absolute Gasteiger partial charge is 0.344 e. The minimum absolute atomic E-state index is 0. The van der Waals surface area contributed by atoms with Gasteiger partial charge in [0.1, 0.15) is 0 Å². The third-order valence-electron chi connectivity index (χ3n) is 0. The van der Waals surface area contributed by atoms with E-state index in [0.29, 0.717) is 0 Å². The van der Waals surface area contributed by atoms with Crippen LogP contribution in [0.15, 0.2) is 0 Å². The molecular weight excluding hydrogens is 239 g/mol. The molecule has 0 aliphatic rings. The molecule has 0 saturated heterocycles. The van der Waals surface area contributed by atoms with Gasteiger partial charge >= 0.3 is 10.4 Å². The first-order valence-corrected chi connectivity index (χ1v) is 2.10. The fourth-order valence-electron chi connectivity index (χ4n) is 0. The minimum Gasteiger partial charge on any atom is -0.344 e. The maximum atomic E-state index is 8.74. The molecule has 0 unspecified atom stereocenters. The van der Waals surface area contributed by atoms with E-state index in [1.54, 1.807) is 0 Å². The molecule has 10 nitrogen and oxygen atoms in total. The van der Waals surface area contributed by atoms with Crippen molar-refractivity contribution in [1.29, 1.82) is 0 Å². The number of hydrogen-bond donors (Lipinski definition) is 8. The normalized spacial score (nSPS) is 4.83. The largest absolute Gasteiger partial charge is 0.394 e. The van der Waals surface area contributed by atoms with E-state index >= 15 is 0 Å². The summed E-state index contributed by atoms with van der Waals surface area (Å²) in [4.78, 5) is 0. The molecule has 0 aromatic carbocycles. The van der Waals surface area contributed by atoms with Gasteiger partial charge in [0.2, 0.25) is 0 Å². The molecule has 0 spiro atoms. The van der Waals surface area contributed by atoms with E-state index in [-0.39, 0.29) is 53.7 Å². The van der Waals surface area contributed by atoms with Gasteiger partial charge in [-0.1, -0.05) is 0 Å². The van der Waals surface area contributed by atoms with Crippen molar-refractivity contribution in [2.45, 2.75) is 0 Å². The summed E-state index contributed by atoms with van der Waals surface area (Å²) in [6.45, 7) is 0. The summed E-state index contributed by atoms with van der Waals surface area (Å²) in [5.74, 6) is 0. The molecule has 0 bridgehead atoms. The summed E-state index contributed by atoms with van der Waals surface area (Å²) >= 11 is 0. The second kappa shape index (κ2) is 30.4. The first-order valence-electron chi connectivity index (χ1n) is 0.698. The Morgan fingerprint density at radius 3 is 0.667 bits per heavy atom. The third-order valence-corrected chi connectivity index (χ3v) is 0. The van der Waals surface area contributed by atoms with Crippen molar-refractivity contribution >= 4 is 10.4 Å². The van der Waals surface area contributed by atoms with E-state index in [2.05, 4.69) is 0 Å². The standard InChI is InChI=1S/Co.6H3N.H2O4S/c;;;;;;;1-5(2,3)4/h;6*1H3;(H2,1,2,3,4). The minimum atomic E-state index is -4.67. The van der Waals surface area contributed by atoms with Crippen LogP contribution in [0.4, 0.5) is 0 Å².